The number of likely N-dealkylation sites (tertiary alicyclic amines) is 1. The molecule has 1 N–H and O–H groups in total. The Morgan fingerprint density at radius 3 is 2.70 bits per heavy atom. The molecule has 0 bridgehead atoms. The second-order valence-corrected chi connectivity index (χ2v) is 7.51. The normalized spacial score (nSPS) is 15.1. The van der Waals surface area contributed by atoms with Gasteiger partial charge in [-0.2, -0.15) is 5.26 Å². The van der Waals surface area contributed by atoms with Crippen molar-refractivity contribution in [2.45, 2.75) is 45.6 Å². The van der Waals surface area contributed by atoms with E-state index in [0.29, 0.717) is 10.6 Å². The third-order valence-electron chi connectivity index (χ3n) is 5.44. The molecule has 0 radical (unpaired) electrons. The zero-order valence-electron chi connectivity index (χ0n) is 15.8. The van der Waals surface area contributed by atoms with Crippen LogP contribution in [-0.4, -0.2) is 34.9 Å². The Morgan fingerprint density at radius 2 is 2.07 bits per heavy atom. The number of carbonyl (C=O) groups is 1. The van der Waals surface area contributed by atoms with Gasteiger partial charge in [-0.05, 0) is 43.9 Å². The van der Waals surface area contributed by atoms with Crippen LogP contribution >= 0.6 is 11.6 Å². The fraction of sp³-hybridized carbons (Fsp3) is 0.476. The first-order chi connectivity index (χ1) is 13.1. The molecule has 0 spiro atoms. The molecule has 2 aromatic rings. The number of anilines is 1. The number of benzene rings is 1. The van der Waals surface area contributed by atoms with E-state index in [2.05, 4.69) is 30.2 Å². The predicted molar refractivity (Wildman–Crippen MR) is 109 cm³/mol. The first-order valence-electron chi connectivity index (χ1n) is 9.61. The molecule has 1 aromatic carbocycles. The highest BCUT2D eigenvalue weighted by molar-refractivity contribution is 6.31. The molecule has 0 atom stereocenters. The number of amides is 1. The van der Waals surface area contributed by atoms with Crippen molar-refractivity contribution in [2.75, 3.05) is 18.4 Å². The van der Waals surface area contributed by atoms with E-state index in [1.165, 1.54) is 0 Å². The van der Waals surface area contributed by atoms with Crippen molar-refractivity contribution in [1.82, 2.24) is 9.88 Å². The van der Waals surface area contributed by atoms with Crippen molar-refractivity contribution in [3.8, 4) is 6.07 Å². The van der Waals surface area contributed by atoms with Gasteiger partial charge < -0.3 is 10.2 Å². The Kier molecular flexibility index (Phi) is 6.18. The lowest BCUT2D eigenvalue weighted by Gasteiger charge is -2.35. The van der Waals surface area contributed by atoms with Gasteiger partial charge in [0, 0.05) is 41.7 Å². The largest absolute Gasteiger partial charge is 0.381 e. The second kappa shape index (κ2) is 8.58. The van der Waals surface area contributed by atoms with E-state index in [1.807, 2.05) is 17.0 Å². The number of pyridine rings is 1. The molecule has 27 heavy (non-hydrogen) atoms. The van der Waals surface area contributed by atoms with Gasteiger partial charge in [-0.15, -0.1) is 0 Å². The Morgan fingerprint density at radius 1 is 1.37 bits per heavy atom. The van der Waals surface area contributed by atoms with E-state index in [1.54, 1.807) is 12.3 Å². The number of hydrogen-bond donors (Lipinski definition) is 1. The molecule has 1 fully saturated rings. The zero-order valence-corrected chi connectivity index (χ0v) is 16.6. The van der Waals surface area contributed by atoms with Gasteiger partial charge in [-0.1, -0.05) is 25.4 Å². The van der Waals surface area contributed by atoms with Gasteiger partial charge in [-0.3, -0.25) is 9.78 Å². The lowest BCUT2D eigenvalue weighted by Crippen LogP contribution is -2.44. The number of fused-ring (bicyclic) bond motifs is 1. The lowest BCUT2D eigenvalue weighted by molar-refractivity contribution is -0.136. The minimum atomic E-state index is 0.131. The van der Waals surface area contributed by atoms with E-state index < -0.39 is 0 Å². The first kappa shape index (κ1) is 19.4. The minimum Gasteiger partial charge on any atom is -0.381 e. The summed E-state index contributed by atoms with van der Waals surface area (Å²) in [4.78, 5) is 18.9. The van der Waals surface area contributed by atoms with Crippen LogP contribution in [0.3, 0.4) is 0 Å². The monoisotopic (exact) mass is 384 g/mol. The molecule has 1 aromatic heterocycles. The topological polar surface area (TPSA) is 69.0 Å². The van der Waals surface area contributed by atoms with Gasteiger partial charge in [0.15, 0.2) is 0 Å². The maximum absolute atomic E-state index is 12.6. The van der Waals surface area contributed by atoms with Crippen LogP contribution in [0.15, 0.2) is 24.4 Å². The number of nitrogens with zero attached hydrogens (tertiary/aromatic N) is 3. The van der Waals surface area contributed by atoms with Crippen LogP contribution < -0.4 is 5.32 Å². The summed E-state index contributed by atoms with van der Waals surface area (Å²) in [6, 6.07) is 7.94. The molecule has 1 aliphatic heterocycles. The number of aromatic nitrogens is 1. The fourth-order valence-corrected chi connectivity index (χ4v) is 3.92. The molecule has 6 heteroatoms. The molecule has 1 aliphatic rings. The quantitative estimate of drug-likeness (QED) is 0.817. The van der Waals surface area contributed by atoms with E-state index in [4.69, 9.17) is 11.6 Å². The van der Waals surface area contributed by atoms with Crippen LogP contribution in [0.5, 0.6) is 0 Å². The standard InChI is InChI=1S/C21H25ClN4O/c1-3-14(4-2)21(27)26-9-7-17(8-10-26)25-20-15(12-23)13-24-19-6-5-16(22)11-18(19)20/h5-6,11,13-14,17H,3-4,7-10H2,1-2H3,(H,24,25). The highest BCUT2D eigenvalue weighted by Gasteiger charge is 2.27. The van der Waals surface area contributed by atoms with E-state index >= 15 is 0 Å². The van der Waals surface area contributed by atoms with E-state index in [9.17, 15) is 10.1 Å². The maximum Gasteiger partial charge on any atom is 0.225 e. The van der Waals surface area contributed by atoms with Crippen molar-refractivity contribution < 1.29 is 4.79 Å². The Bertz CT molecular complexity index is 864. The van der Waals surface area contributed by atoms with E-state index in [-0.39, 0.29) is 17.9 Å². The van der Waals surface area contributed by atoms with Gasteiger partial charge >= 0.3 is 0 Å². The van der Waals surface area contributed by atoms with Crippen molar-refractivity contribution >= 4 is 34.1 Å². The van der Waals surface area contributed by atoms with Gasteiger partial charge in [-0.25, -0.2) is 0 Å². The zero-order chi connectivity index (χ0) is 19.4. The van der Waals surface area contributed by atoms with Crippen LogP contribution in [0, 0.1) is 17.2 Å². The number of nitriles is 1. The molecule has 1 amide bonds. The number of hydrogen-bond acceptors (Lipinski definition) is 4. The first-order valence-corrected chi connectivity index (χ1v) is 9.98. The average Bonchev–Trinajstić information content (AvgIpc) is 2.69. The summed E-state index contributed by atoms with van der Waals surface area (Å²) in [5, 5.41) is 14.5. The van der Waals surface area contributed by atoms with Gasteiger partial charge in [0.25, 0.3) is 0 Å². The molecule has 1 saturated heterocycles. The van der Waals surface area contributed by atoms with Crippen molar-refractivity contribution in [3.63, 3.8) is 0 Å². The molecule has 142 valence electrons. The summed E-state index contributed by atoms with van der Waals surface area (Å²) in [6.45, 7) is 5.64. The van der Waals surface area contributed by atoms with Gasteiger partial charge in [0.1, 0.15) is 6.07 Å². The SMILES string of the molecule is CCC(CC)C(=O)N1CCC(Nc2c(C#N)cnc3ccc(Cl)cc23)CC1. The lowest BCUT2D eigenvalue weighted by atomic mass is 9.98. The van der Waals surface area contributed by atoms with Gasteiger partial charge in [0.2, 0.25) is 5.91 Å². The minimum absolute atomic E-state index is 0.131. The smallest absolute Gasteiger partial charge is 0.225 e. The average molecular weight is 385 g/mol. The third kappa shape index (κ3) is 4.17. The predicted octanol–water partition coefficient (Wildman–Crippen LogP) is 4.60. The van der Waals surface area contributed by atoms with Crippen LogP contribution in [0.25, 0.3) is 10.9 Å². The van der Waals surface area contributed by atoms with Crippen LogP contribution in [0.2, 0.25) is 5.02 Å². The number of rotatable bonds is 5. The summed E-state index contributed by atoms with van der Waals surface area (Å²) >= 11 is 6.16. The molecule has 3 rings (SSSR count). The fourth-order valence-electron chi connectivity index (χ4n) is 3.75. The number of nitrogens with one attached hydrogen (secondary N) is 1. The molecular weight excluding hydrogens is 360 g/mol. The molecular formula is C21H25ClN4O. The van der Waals surface area contributed by atoms with Crippen LogP contribution in [-0.2, 0) is 4.79 Å². The Balaban J connectivity index is 1.75. The molecule has 2 heterocycles. The Hall–Kier alpha value is -2.32. The number of halogens is 1. The number of piperidine rings is 1. The maximum atomic E-state index is 12.6. The summed E-state index contributed by atoms with van der Waals surface area (Å²) in [5.74, 6) is 0.406. The van der Waals surface area contributed by atoms with Crippen LogP contribution in [0.4, 0.5) is 5.69 Å². The summed E-state index contributed by atoms with van der Waals surface area (Å²) in [5.41, 5.74) is 2.11. The van der Waals surface area contributed by atoms with Crippen molar-refractivity contribution in [2.24, 2.45) is 5.92 Å². The second-order valence-electron chi connectivity index (χ2n) is 7.08. The molecule has 5 nitrogen and oxygen atoms in total. The molecule has 0 saturated carbocycles. The molecule has 0 unspecified atom stereocenters. The van der Waals surface area contributed by atoms with E-state index in [0.717, 1.165) is 55.4 Å². The Labute approximate surface area is 165 Å². The number of carbonyl (C=O) groups excluding carboxylic acids is 1. The highest BCUT2D eigenvalue weighted by atomic mass is 35.5. The van der Waals surface area contributed by atoms with Crippen molar-refractivity contribution in [1.29, 1.82) is 5.26 Å². The third-order valence-corrected chi connectivity index (χ3v) is 5.68. The highest BCUT2D eigenvalue weighted by Crippen LogP contribution is 2.30. The van der Waals surface area contributed by atoms with Crippen LogP contribution in [0.1, 0.15) is 45.1 Å². The molecule has 0 aliphatic carbocycles. The summed E-state index contributed by atoms with van der Waals surface area (Å²) < 4.78 is 0. The summed E-state index contributed by atoms with van der Waals surface area (Å²) in [6.07, 6.45) is 5.11. The summed E-state index contributed by atoms with van der Waals surface area (Å²) in [7, 11) is 0. The van der Waals surface area contributed by atoms with Gasteiger partial charge in [0.05, 0.1) is 16.8 Å². The van der Waals surface area contributed by atoms with Crippen molar-refractivity contribution in [3.05, 3.63) is 35.0 Å².